The largest absolute Gasteiger partial charge is 0.454 e. The topological polar surface area (TPSA) is 250 Å². The van der Waals surface area contributed by atoms with Crippen LogP contribution in [0.3, 0.4) is 0 Å². The molecule has 2 atom stereocenters. The Hall–Kier alpha value is -6.96. The van der Waals surface area contributed by atoms with Crippen LogP contribution in [0.5, 0.6) is 23.0 Å². The number of aromatic nitrogens is 3. The molecule has 4 aromatic rings. The highest BCUT2D eigenvalue weighted by atomic mass is 16.7. The number of hydrogen-bond acceptors (Lipinski definition) is 12. The molecule has 5 heterocycles. The predicted octanol–water partition coefficient (Wildman–Crippen LogP) is 1.09. The van der Waals surface area contributed by atoms with Gasteiger partial charge in [0.15, 0.2) is 23.0 Å². The van der Waals surface area contributed by atoms with E-state index in [1.165, 1.54) is 21.0 Å². The van der Waals surface area contributed by atoms with Crippen LogP contribution in [-0.2, 0) is 39.4 Å². The molecule has 318 valence electrons. The fourth-order valence-electron chi connectivity index (χ4n) is 7.73. The zero-order chi connectivity index (χ0) is 42.2. The highest BCUT2D eigenvalue weighted by Gasteiger charge is 2.46. The first-order valence-corrected chi connectivity index (χ1v) is 19.5. The van der Waals surface area contributed by atoms with E-state index in [4.69, 9.17) is 24.7 Å². The Kier molecular flexibility index (Phi) is 12.6. The van der Waals surface area contributed by atoms with E-state index in [1.807, 2.05) is 41.8 Å². The van der Waals surface area contributed by atoms with Gasteiger partial charge < -0.3 is 45.4 Å². The Morgan fingerprint density at radius 3 is 2.15 bits per heavy atom. The van der Waals surface area contributed by atoms with Gasteiger partial charge in [-0.3, -0.25) is 9.59 Å². The van der Waals surface area contributed by atoms with E-state index in [-0.39, 0.29) is 26.7 Å². The summed E-state index contributed by atoms with van der Waals surface area (Å²) in [6.07, 6.45) is 2.37. The van der Waals surface area contributed by atoms with E-state index in [2.05, 4.69) is 26.1 Å². The number of nitrogens with one attached hydrogen (secondary N) is 5. The number of aryl methyl sites for hydroxylation is 1. The molecule has 4 aliphatic heterocycles. The predicted molar refractivity (Wildman–Crippen MR) is 212 cm³/mol. The maximum absolute atomic E-state index is 13.9. The van der Waals surface area contributed by atoms with Crippen molar-refractivity contribution in [2.24, 2.45) is 5.73 Å². The minimum absolute atomic E-state index is 0.0188. The number of rotatable bonds is 10. The van der Waals surface area contributed by atoms with E-state index in [0.717, 1.165) is 11.1 Å². The molecule has 60 heavy (non-hydrogen) atoms. The monoisotopic (exact) mass is 829 g/mol. The molecular weight excluding hydrogens is 782 g/mol. The summed E-state index contributed by atoms with van der Waals surface area (Å²) < 4.78 is 29.5. The van der Waals surface area contributed by atoms with Gasteiger partial charge in [-0.05, 0) is 92.6 Å². The zero-order valence-electron chi connectivity index (χ0n) is 32.9. The molecule has 0 saturated carbocycles. The Morgan fingerprint density at radius 1 is 0.833 bits per heavy atom. The third-order valence-electron chi connectivity index (χ3n) is 10.9. The van der Waals surface area contributed by atoms with Crippen LogP contribution in [0, 0.1) is 0 Å². The van der Waals surface area contributed by atoms with Gasteiger partial charge in [0.25, 0.3) is 0 Å². The molecule has 1 aromatic heterocycles. The van der Waals surface area contributed by atoms with Crippen molar-refractivity contribution in [2.75, 3.05) is 33.8 Å². The maximum Gasteiger partial charge on any atom is 0.425 e. The van der Waals surface area contributed by atoms with E-state index in [9.17, 15) is 28.8 Å². The molecule has 5 amide bonds. The van der Waals surface area contributed by atoms with Crippen LogP contribution < -0.4 is 62.9 Å². The number of urea groups is 1. The Bertz CT molecular complexity index is 2340. The van der Waals surface area contributed by atoms with Crippen LogP contribution in [0.25, 0.3) is 0 Å². The summed E-state index contributed by atoms with van der Waals surface area (Å²) in [5, 5.41) is 8.66. The number of nitrogens with zero attached hydrogens (tertiary/aromatic N) is 3. The number of hydrogen-bond donors (Lipinski definition) is 6. The summed E-state index contributed by atoms with van der Waals surface area (Å²) in [4.78, 5) is 75.8. The van der Waals surface area contributed by atoms with Crippen molar-refractivity contribution in [3.8, 4) is 23.0 Å². The second kappa shape index (κ2) is 18.3. The number of carbonyl (C=O) groups excluding carboxylic acids is 4. The highest BCUT2D eigenvalue weighted by molar-refractivity contribution is 5.88. The van der Waals surface area contributed by atoms with Gasteiger partial charge in [0.2, 0.25) is 25.4 Å². The molecule has 0 radical (unpaired) electrons. The summed E-state index contributed by atoms with van der Waals surface area (Å²) in [6, 6.07) is 17.8. The molecule has 4 aliphatic rings. The molecule has 1 fully saturated rings. The number of benzene rings is 3. The Labute approximate surface area is 343 Å². The second-order valence-corrected chi connectivity index (χ2v) is 14.6. The van der Waals surface area contributed by atoms with E-state index in [0.29, 0.717) is 80.2 Å². The molecule has 3 aromatic carbocycles. The zero-order valence-corrected chi connectivity index (χ0v) is 32.9. The number of nitrogens with two attached hydrogens (primary N) is 1. The van der Waals surface area contributed by atoms with Gasteiger partial charge >= 0.3 is 23.5 Å². The molecule has 8 rings (SSSR count). The fourth-order valence-corrected chi connectivity index (χ4v) is 7.73. The standard InChI is InChI=1S/C29H34N6O6.C11H13N3O5/c30-25(36)21(8-6-19-4-2-1-3-5-19)32-26(37)22-10-11-29(12-14-31-15-13-29)35-28(39)33(27(38)34(22)35)17-20-7-9-23-24(16-20)41-18-40-23;1-17-11(16)14-13-10(15)12-5-7-2-3-8-9(4-7)19-6-18-8/h1-5,7,9,16,21-22,31H,6,8,10-15,17-18H2,(H2,30,36)(H,32,37);2-4H,5-6H2,1H3,(H,14,16)(H2,12,13,15)/t21-,22?;/m0./s1. The fraction of sp³-hybridized carbons (Fsp3) is 0.400. The summed E-state index contributed by atoms with van der Waals surface area (Å²) in [6.45, 7) is 2.03. The SMILES string of the molecule is COC(=O)NNC(=O)NCc1ccc2c(c1)OCO2.NC(=O)[C@H](CCc1ccccc1)NC(=O)C1CCC2(CCNCC2)n2c(=O)n(Cc3ccc4c(c3)OCO4)c(=O)n21. The van der Waals surface area contributed by atoms with Crippen molar-refractivity contribution in [1.29, 1.82) is 0 Å². The van der Waals surface area contributed by atoms with Crippen molar-refractivity contribution >= 4 is 23.9 Å². The van der Waals surface area contributed by atoms with Gasteiger partial charge in [-0.1, -0.05) is 42.5 Å². The van der Waals surface area contributed by atoms with E-state index >= 15 is 0 Å². The third kappa shape index (κ3) is 9.17. The average Bonchev–Trinajstić information content (AvgIpc) is 4.00. The summed E-state index contributed by atoms with van der Waals surface area (Å²) in [7, 11) is 1.20. The number of fused-ring (bicyclic) bond motifs is 4. The van der Waals surface area contributed by atoms with Gasteiger partial charge in [0.05, 0.1) is 19.2 Å². The van der Waals surface area contributed by atoms with Crippen molar-refractivity contribution in [3.05, 3.63) is 104 Å². The van der Waals surface area contributed by atoms with Gasteiger partial charge in [0.1, 0.15) is 12.1 Å². The Balaban J connectivity index is 0.000000240. The van der Waals surface area contributed by atoms with Crippen molar-refractivity contribution in [3.63, 3.8) is 0 Å². The lowest BCUT2D eigenvalue weighted by Crippen LogP contribution is -2.57. The van der Waals surface area contributed by atoms with Gasteiger partial charge in [0, 0.05) is 6.54 Å². The van der Waals surface area contributed by atoms with E-state index < -0.39 is 52.9 Å². The number of methoxy groups -OCH3 is 1. The number of ether oxygens (including phenoxy) is 5. The number of carbonyl (C=O) groups is 4. The minimum atomic E-state index is -0.952. The first-order valence-electron chi connectivity index (χ1n) is 19.5. The van der Waals surface area contributed by atoms with Crippen molar-refractivity contribution < 1.29 is 42.9 Å². The third-order valence-corrected chi connectivity index (χ3v) is 10.9. The summed E-state index contributed by atoms with van der Waals surface area (Å²) in [5.41, 5.74) is 10.8. The summed E-state index contributed by atoms with van der Waals surface area (Å²) >= 11 is 0. The van der Waals surface area contributed by atoms with Crippen LogP contribution >= 0.6 is 0 Å². The first kappa shape index (κ1) is 41.2. The van der Waals surface area contributed by atoms with Crippen LogP contribution in [0.1, 0.15) is 54.8 Å². The van der Waals surface area contributed by atoms with Crippen LogP contribution in [0.4, 0.5) is 9.59 Å². The van der Waals surface area contributed by atoms with Crippen LogP contribution in [-0.4, -0.2) is 77.7 Å². The lowest BCUT2D eigenvalue weighted by molar-refractivity contribution is -0.131. The number of piperidine rings is 1. The molecule has 20 nitrogen and oxygen atoms in total. The Morgan fingerprint density at radius 2 is 1.48 bits per heavy atom. The van der Waals surface area contributed by atoms with Crippen molar-refractivity contribution in [1.82, 2.24) is 40.7 Å². The van der Waals surface area contributed by atoms with Gasteiger partial charge in [-0.15, -0.1) is 0 Å². The van der Waals surface area contributed by atoms with Crippen LogP contribution in [0.15, 0.2) is 76.3 Å². The quantitative estimate of drug-likeness (QED) is 0.123. The molecule has 1 saturated heterocycles. The molecule has 1 unspecified atom stereocenters. The van der Waals surface area contributed by atoms with E-state index in [1.54, 1.807) is 30.3 Å². The smallest absolute Gasteiger partial charge is 0.425 e. The highest BCUT2D eigenvalue weighted by Crippen LogP contribution is 2.38. The van der Waals surface area contributed by atoms with Gasteiger partial charge in [-0.2, -0.15) is 0 Å². The lowest BCUT2D eigenvalue weighted by atomic mass is 9.81. The molecule has 0 aliphatic carbocycles. The molecular formula is C40H47N9O11. The van der Waals surface area contributed by atoms with Gasteiger partial charge in [-0.25, -0.2) is 44.0 Å². The minimum Gasteiger partial charge on any atom is -0.454 e. The molecule has 0 bridgehead atoms. The summed E-state index contributed by atoms with van der Waals surface area (Å²) in [5.74, 6) is 1.34. The van der Waals surface area contributed by atoms with Crippen LogP contribution in [0.2, 0.25) is 0 Å². The normalized spacial score (nSPS) is 17.0. The molecule has 7 N–H and O–H groups in total. The number of amides is 5. The molecule has 20 heteroatoms. The average molecular weight is 830 g/mol. The lowest BCUT2D eigenvalue weighted by Gasteiger charge is -2.44. The first-order chi connectivity index (χ1) is 29.0. The number of hydrazine groups is 1. The maximum atomic E-state index is 13.9. The van der Waals surface area contributed by atoms with Crippen molar-refractivity contribution in [2.45, 2.75) is 69.2 Å². The number of primary amides is 1. The second-order valence-electron chi connectivity index (χ2n) is 14.6. The molecule has 1 spiro atoms.